The van der Waals surface area contributed by atoms with Gasteiger partial charge in [-0.1, -0.05) is 11.6 Å². The van der Waals surface area contributed by atoms with E-state index in [1.807, 2.05) is 4.90 Å². The summed E-state index contributed by atoms with van der Waals surface area (Å²) >= 11 is 10.1. The molecule has 1 aliphatic rings. The van der Waals surface area contributed by atoms with Crippen LogP contribution in [0.1, 0.15) is 20.8 Å². The molecule has 6 heteroatoms. The topological polar surface area (TPSA) is 29.5 Å². The highest BCUT2D eigenvalue weighted by atomic mass is 127. The average Bonchev–Trinajstić information content (AvgIpc) is 2.96. The van der Waals surface area contributed by atoms with Crippen molar-refractivity contribution < 1.29 is 9.53 Å². The molecule has 0 unspecified atom stereocenters. The molecule has 110 valence electrons. The van der Waals surface area contributed by atoms with Gasteiger partial charge in [0.2, 0.25) is 0 Å². The number of thiophene rings is 1. The molecule has 21 heavy (non-hydrogen) atoms. The number of rotatable bonds is 2. The van der Waals surface area contributed by atoms with Gasteiger partial charge in [-0.15, -0.1) is 11.3 Å². The van der Waals surface area contributed by atoms with Gasteiger partial charge < -0.3 is 9.64 Å². The van der Waals surface area contributed by atoms with Gasteiger partial charge in [-0.3, -0.25) is 4.79 Å². The van der Waals surface area contributed by atoms with Crippen molar-refractivity contribution in [3.05, 3.63) is 48.2 Å². The SMILES string of the molecule is COc1cc(I)c(Cl)cc1C(=O)N1CCc2sccc2C1. The number of carbonyl (C=O) groups is 1. The van der Waals surface area contributed by atoms with Gasteiger partial charge in [0.25, 0.3) is 5.91 Å². The smallest absolute Gasteiger partial charge is 0.257 e. The van der Waals surface area contributed by atoms with Gasteiger partial charge in [-0.2, -0.15) is 0 Å². The Bertz CT molecular complexity index is 701. The van der Waals surface area contributed by atoms with Gasteiger partial charge >= 0.3 is 0 Å². The summed E-state index contributed by atoms with van der Waals surface area (Å²) in [5.41, 5.74) is 1.77. The lowest BCUT2D eigenvalue weighted by Crippen LogP contribution is -2.35. The molecule has 1 aliphatic heterocycles. The summed E-state index contributed by atoms with van der Waals surface area (Å²) in [4.78, 5) is 16.0. The van der Waals surface area contributed by atoms with Crippen molar-refractivity contribution in [2.24, 2.45) is 0 Å². The van der Waals surface area contributed by atoms with E-state index in [0.29, 0.717) is 22.9 Å². The zero-order valence-corrected chi connectivity index (χ0v) is 15.1. The van der Waals surface area contributed by atoms with Crippen LogP contribution in [0.2, 0.25) is 5.02 Å². The Balaban J connectivity index is 1.91. The van der Waals surface area contributed by atoms with Crippen molar-refractivity contribution in [2.75, 3.05) is 13.7 Å². The molecular formula is C15H13ClINO2S. The second-order valence-corrected chi connectivity index (χ2v) is 7.38. The lowest BCUT2D eigenvalue weighted by Gasteiger charge is -2.27. The highest BCUT2D eigenvalue weighted by Gasteiger charge is 2.25. The third kappa shape index (κ3) is 2.91. The van der Waals surface area contributed by atoms with Crippen molar-refractivity contribution in [2.45, 2.75) is 13.0 Å². The molecule has 0 atom stereocenters. The Kier molecular flexibility index (Phi) is 4.42. The van der Waals surface area contributed by atoms with Gasteiger partial charge in [-0.25, -0.2) is 0 Å². The lowest BCUT2D eigenvalue weighted by atomic mass is 10.1. The number of hydrogen-bond donors (Lipinski definition) is 0. The first-order valence-corrected chi connectivity index (χ1v) is 8.81. The molecule has 0 bridgehead atoms. The van der Waals surface area contributed by atoms with E-state index in [1.54, 1.807) is 30.6 Å². The Hall–Kier alpha value is -0.790. The standard InChI is InChI=1S/C15H13ClINO2S/c1-20-13-7-12(17)11(16)6-10(13)15(19)18-4-2-14-9(8-18)3-5-21-14/h3,5-7H,2,4,8H2,1H3. The van der Waals surface area contributed by atoms with Crippen LogP contribution in [0.5, 0.6) is 5.75 Å². The van der Waals surface area contributed by atoms with Crippen LogP contribution < -0.4 is 4.74 Å². The summed E-state index contributed by atoms with van der Waals surface area (Å²) < 4.78 is 6.22. The molecular weight excluding hydrogens is 421 g/mol. The Morgan fingerprint density at radius 3 is 3.05 bits per heavy atom. The molecule has 3 rings (SSSR count). The fourth-order valence-corrected chi connectivity index (χ4v) is 3.95. The maximum absolute atomic E-state index is 12.8. The van der Waals surface area contributed by atoms with Crippen LogP contribution >= 0.6 is 45.5 Å². The van der Waals surface area contributed by atoms with E-state index in [-0.39, 0.29) is 5.91 Å². The van der Waals surface area contributed by atoms with Gasteiger partial charge in [0.15, 0.2) is 0 Å². The number of ether oxygens (including phenoxy) is 1. The number of carbonyl (C=O) groups excluding carboxylic acids is 1. The first-order chi connectivity index (χ1) is 10.1. The van der Waals surface area contributed by atoms with E-state index in [1.165, 1.54) is 10.4 Å². The number of amides is 1. The van der Waals surface area contributed by atoms with Crippen molar-refractivity contribution in [3.63, 3.8) is 0 Å². The van der Waals surface area contributed by atoms with Gasteiger partial charge in [0.05, 0.1) is 17.7 Å². The van der Waals surface area contributed by atoms with Crippen LogP contribution in [-0.2, 0) is 13.0 Å². The summed E-state index contributed by atoms with van der Waals surface area (Å²) in [5.74, 6) is 0.548. The minimum atomic E-state index is -0.0259. The number of fused-ring (bicyclic) bond motifs is 1. The molecule has 1 aromatic heterocycles. The van der Waals surface area contributed by atoms with Gasteiger partial charge in [-0.05, 0) is 58.2 Å². The number of nitrogens with zero attached hydrogens (tertiary/aromatic N) is 1. The molecule has 2 aromatic rings. The minimum absolute atomic E-state index is 0.0259. The van der Waals surface area contributed by atoms with Crippen LogP contribution in [0.3, 0.4) is 0 Å². The molecule has 0 saturated heterocycles. The molecule has 3 nitrogen and oxygen atoms in total. The molecule has 0 N–H and O–H groups in total. The highest BCUT2D eigenvalue weighted by Crippen LogP contribution is 2.31. The van der Waals surface area contributed by atoms with E-state index in [9.17, 15) is 4.79 Å². The maximum Gasteiger partial charge on any atom is 0.257 e. The predicted molar refractivity (Wildman–Crippen MR) is 93.5 cm³/mol. The first kappa shape index (κ1) is 15.1. The van der Waals surface area contributed by atoms with Crippen LogP contribution in [0.4, 0.5) is 0 Å². The third-order valence-corrected chi connectivity index (χ3v) is 6.11. The van der Waals surface area contributed by atoms with Crippen molar-refractivity contribution in [3.8, 4) is 5.75 Å². The molecule has 2 heterocycles. The number of methoxy groups -OCH3 is 1. The Morgan fingerprint density at radius 1 is 1.48 bits per heavy atom. The molecule has 0 saturated carbocycles. The predicted octanol–water partition coefficient (Wildman–Crippen LogP) is 4.21. The van der Waals surface area contributed by atoms with Crippen LogP contribution in [0.15, 0.2) is 23.6 Å². The Morgan fingerprint density at radius 2 is 2.29 bits per heavy atom. The average molecular weight is 434 g/mol. The maximum atomic E-state index is 12.8. The first-order valence-electron chi connectivity index (χ1n) is 6.47. The summed E-state index contributed by atoms with van der Waals surface area (Å²) in [6, 6.07) is 5.60. The summed E-state index contributed by atoms with van der Waals surface area (Å²) in [7, 11) is 1.57. The monoisotopic (exact) mass is 433 g/mol. The van der Waals surface area contributed by atoms with E-state index in [0.717, 1.165) is 16.5 Å². The molecule has 0 fully saturated rings. The molecule has 1 amide bonds. The van der Waals surface area contributed by atoms with E-state index in [2.05, 4.69) is 34.0 Å². The number of hydrogen-bond acceptors (Lipinski definition) is 3. The number of benzene rings is 1. The summed E-state index contributed by atoms with van der Waals surface area (Å²) in [5, 5.41) is 2.66. The van der Waals surface area contributed by atoms with E-state index in [4.69, 9.17) is 16.3 Å². The zero-order valence-electron chi connectivity index (χ0n) is 11.4. The van der Waals surface area contributed by atoms with Crippen molar-refractivity contribution in [1.82, 2.24) is 4.90 Å². The molecule has 1 aromatic carbocycles. The second-order valence-electron chi connectivity index (χ2n) is 4.81. The quantitative estimate of drug-likeness (QED) is 0.664. The molecule has 0 radical (unpaired) electrons. The van der Waals surface area contributed by atoms with E-state index < -0.39 is 0 Å². The molecule has 0 aliphatic carbocycles. The Labute approximate surface area is 146 Å². The second kappa shape index (κ2) is 6.14. The fourth-order valence-electron chi connectivity index (χ4n) is 2.46. The zero-order chi connectivity index (χ0) is 15.0. The van der Waals surface area contributed by atoms with Crippen LogP contribution in [0.25, 0.3) is 0 Å². The normalized spacial score (nSPS) is 14.0. The third-order valence-electron chi connectivity index (χ3n) is 3.57. The lowest BCUT2D eigenvalue weighted by molar-refractivity contribution is 0.0732. The van der Waals surface area contributed by atoms with Crippen LogP contribution in [0, 0.1) is 3.57 Å². The largest absolute Gasteiger partial charge is 0.496 e. The van der Waals surface area contributed by atoms with Crippen molar-refractivity contribution in [1.29, 1.82) is 0 Å². The minimum Gasteiger partial charge on any atom is -0.496 e. The molecule has 0 spiro atoms. The van der Waals surface area contributed by atoms with Gasteiger partial charge in [0, 0.05) is 21.5 Å². The summed E-state index contributed by atoms with van der Waals surface area (Å²) in [6.07, 6.45) is 0.916. The summed E-state index contributed by atoms with van der Waals surface area (Å²) in [6.45, 7) is 1.39. The van der Waals surface area contributed by atoms with E-state index >= 15 is 0 Å². The fraction of sp³-hybridized carbons (Fsp3) is 0.267. The van der Waals surface area contributed by atoms with Gasteiger partial charge in [0.1, 0.15) is 5.75 Å². The highest BCUT2D eigenvalue weighted by molar-refractivity contribution is 14.1. The van der Waals surface area contributed by atoms with Crippen LogP contribution in [-0.4, -0.2) is 24.5 Å². The van der Waals surface area contributed by atoms with Crippen molar-refractivity contribution >= 4 is 51.4 Å². The number of halogens is 2.